The van der Waals surface area contributed by atoms with E-state index < -0.39 is 28.8 Å². The molecule has 5 rings (SSSR count). The maximum atomic E-state index is 15.4. The van der Waals surface area contributed by atoms with Crippen LogP contribution < -0.4 is 5.73 Å². The van der Waals surface area contributed by atoms with E-state index in [1.165, 1.54) is 22.6 Å². The highest BCUT2D eigenvalue weighted by molar-refractivity contribution is 5.85. The number of aliphatic hydroxyl groups is 2. The molecular formula is C31H33F3N4O2. The Kier molecular flexibility index (Phi) is 6.49. The second-order valence-electron chi connectivity index (χ2n) is 11.6. The number of rotatable bonds is 6. The fourth-order valence-corrected chi connectivity index (χ4v) is 6.13. The summed E-state index contributed by atoms with van der Waals surface area (Å²) in [5, 5.41) is 21.7. The number of allylic oxidation sites excluding steroid dienone is 1. The minimum Gasteiger partial charge on any atom is -0.512 e. The van der Waals surface area contributed by atoms with Crippen LogP contribution in [0, 0.1) is 16.8 Å². The first kappa shape index (κ1) is 27.7. The maximum absolute atomic E-state index is 15.4. The molecule has 1 aliphatic rings. The molecule has 3 atom stereocenters. The zero-order valence-electron chi connectivity index (χ0n) is 22.9. The molecular weight excluding hydrogens is 517 g/mol. The zero-order valence-corrected chi connectivity index (χ0v) is 22.9. The number of anilines is 1. The number of aromatic nitrogens is 3. The van der Waals surface area contributed by atoms with Gasteiger partial charge < -0.3 is 15.9 Å². The molecule has 0 radical (unpaired) electrons. The lowest BCUT2D eigenvalue weighted by Gasteiger charge is -2.40. The summed E-state index contributed by atoms with van der Waals surface area (Å²) in [6.07, 6.45) is -0.276. The molecule has 0 aliphatic heterocycles. The zero-order chi connectivity index (χ0) is 29.2. The van der Waals surface area contributed by atoms with Gasteiger partial charge in [-0.25, -0.2) is 18.7 Å². The first-order chi connectivity index (χ1) is 18.7. The first-order valence-corrected chi connectivity index (χ1v) is 13.1. The fraction of sp³-hybridized carbons (Fsp3) is 0.355. The molecule has 2 heterocycles. The normalized spacial score (nSPS) is 22.1. The van der Waals surface area contributed by atoms with Gasteiger partial charge in [-0.2, -0.15) is 4.39 Å². The van der Waals surface area contributed by atoms with Crippen molar-refractivity contribution in [3.63, 3.8) is 0 Å². The Morgan fingerprint density at radius 3 is 2.42 bits per heavy atom. The van der Waals surface area contributed by atoms with Crippen molar-refractivity contribution in [3.05, 3.63) is 95.5 Å². The third kappa shape index (κ3) is 4.06. The van der Waals surface area contributed by atoms with Gasteiger partial charge in [-0.05, 0) is 42.4 Å². The number of aliphatic hydroxyl groups excluding tert-OH is 1. The van der Waals surface area contributed by atoms with Crippen molar-refractivity contribution >= 4 is 11.3 Å². The van der Waals surface area contributed by atoms with E-state index in [1.807, 2.05) is 20.8 Å². The number of nitrogens with zero attached hydrogens (tertiary/aromatic N) is 3. The Morgan fingerprint density at radius 1 is 1.15 bits per heavy atom. The van der Waals surface area contributed by atoms with E-state index in [9.17, 15) is 19.0 Å². The minimum absolute atomic E-state index is 0.0875. The molecule has 0 spiro atoms. The number of imidazole rings is 1. The lowest BCUT2D eigenvalue weighted by atomic mass is 9.64. The number of hydrogen-bond acceptors (Lipinski definition) is 5. The lowest BCUT2D eigenvalue weighted by Crippen LogP contribution is -2.35. The molecule has 0 saturated heterocycles. The Labute approximate surface area is 231 Å². The van der Waals surface area contributed by atoms with E-state index in [0.29, 0.717) is 46.6 Å². The average molecular weight is 551 g/mol. The molecule has 4 N–H and O–H groups in total. The third-order valence-corrected chi connectivity index (χ3v) is 9.27. The molecule has 2 aromatic heterocycles. The van der Waals surface area contributed by atoms with Gasteiger partial charge >= 0.3 is 0 Å². The van der Waals surface area contributed by atoms with Gasteiger partial charge in [0.25, 0.3) is 6.43 Å². The molecule has 9 heteroatoms. The summed E-state index contributed by atoms with van der Waals surface area (Å²) in [5.41, 5.74) is 5.65. The molecule has 210 valence electrons. The Hall–Kier alpha value is -3.85. The van der Waals surface area contributed by atoms with Crippen LogP contribution in [-0.4, -0.2) is 24.6 Å². The minimum atomic E-state index is -2.65. The second kappa shape index (κ2) is 9.37. The average Bonchev–Trinajstić information content (AvgIpc) is 3.42. The van der Waals surface area contributed by atoms with E-state index in [1.54, 1.807) is 37.3 Å². The van der Waals surface area contributed by atoms with E-state index in [-0.39, 0.29) is 23.1 Å². The molecule has 4 aromatic rings. The Balaban J connectivity index is 1.61. The Bertz CT molecular complexity index is 1610. The van der Waals surface area contributed by atoms with Gasteiger partial charge in [-0.1, -0.05) is 69.8 Å². The number of benzene rings is 2. The SMILES string of the molecule is C=C(O)[C@@]1(C)CC[C@@H](c2nc(-c3ccc([C@@](C)(O)c4cccc(C(F)F)c4)cc3)c3c(N)ncc(F)n23)C1(C)C. The third-order valence-electron chi connectivity index (χ3n) is 9.27. The fourth-order valence-electron chi connectivity index (χ4n) is 6.13. The number of nitrogens with two attached hydrogens (primary N) is 1. The van der Waals surface area contributed by atoms with E-state index in [0.717, 1.165) is 6.20 Å². The molecule has 6 nitrogen and oxygen atoms in total. The number of alkyl halides is 2. The van der Waals surface area contributed by atoms with Crippen LogP contribution in [0.2, 0.25) is 0 Å². The molecule has 2 aromatic carbocycles. The summed E-state index contributed by atoms with van der Waals surface area (Å²) in [4.78, 5) is 8.94. The van der Waals surface area contributed by atoms with Crippen molar-refractivity contribution < 1.29 is 23.4 Å². The van der Waals surface area contributed by atoms with E-state index in [4.69, 9.17) is 10.7 Å². The van der Waals surface area contributed by atoms with Crippen molar-refractivity contribution in [3.8, 4) is 11.3 Å². The van der Waals surface area contributed by atoms with Crippen LogP contribution >= 0.6 is 0 Å². The quantitative estimate of drug-likeness (QED) is 0.219. The van der Waals surface area contributed by atoms with Gasteiger partial charge in [0.2, 0.25) is 5.95 Å². The molecule has 0 unspecified atom stereocenters. The summed E-state index contributed by atoms with van der Waals surface area (Å²) >= 11 is 0. The predicted molar refractivity (Wildman–Crippen MR) is 148 cm³/mol. The largest absolute Gasteiger partial charge is 0.512 e. The molecule has 1 aliphatic carbocycles. The number of hydrogen-bond donors (Lipinski definition) is 3. The van der Waals surface area contributed by atoms with Crippen molar-refractivity contribution in [2.45, 2.75) is 58.5 Å². The van der Waals surface area contributed by atoms with Crippen LogP contribution in [-0.2, 0) is 5.60 Å². The van der Waals surface area contributed by atoms with Gasteiger partial charge in [-0.15, -0.1) is 0 Å². The van der Waals surface area contributed by atoms with Crippen molar-refractivity contribution in [1.29, 1.82) is 0 Å². The van der Waals surface area contributed by atoms with Crippen LogP contribution in [0.4, 0.5) is 19.0 Å². The van der Waals surface area contributed by atoms with Crippen LogP contribution in [0.15, 0.2) is 67.1 Å². The molecule has 0 bridgehead atoms. The lowest BCUT2D eigenvalue weighted by molar-refractivity contribution is 0.0996. The van der Waals surface area contributed by atoms with Gasteiger partial charge in [0.05, 0.1) is 12.0 Å². The van der Waals surface area contributed by atoms with Gasteiger partial charge in [0.15, 0.2) is 0 Å². The van der Waals surface area contributed by atoms with Crippen molar-refractivity contribution in [2.24, 2.45) is 10.8 Å². The number of halogens is 3. The van der Waals surface area contributed by atoms with Crippen LogP contribution in [0.1, 0.15) is 75.4 Å². The van der Waals surface area contributed by atoms with E-state index in [2.05, 4.69) is 11.6 Å². The number of nitrogen functional groups attached to an aromatic ring is 1. The summed E-state index contributed by atoms with van der Waals surface area (Å²) in [6.45, 7) is 11.4. The summed E-state index contributed by atoms with van der Waals surface area (Å²) in [6, 6.07) is 12.5. The van der Waals surface area contributed by atoms with Gasteiger partial charge in [0, 0.05) is 22.5 Å². The van der Waals surface area contributed by atoms with Crippen molar-refractivity contribution in [1.82, 2.24) is 14.4 Å². The smallest absolute Gasteiger partial charge is 0.263 e. The standard InChI is InChI=1S/C31H33F3N4O2/c1-17(39)30(4)14-13-22(29(30,2)3)28-37-24(25-27(35)36-16-23(32)38(25)28)18-9-11-20(12-10-18)31(5,40)21-8-6-7-19(15-21)26(33)34/h6-12,15-16,22,26,39-40H,1,13-14H2,2-5H3,(H2,35,36)/t22-,30+,31+/m0/s1. The highest BCUT2D eigenvalue weighted by Gasteiger charge is 2.55. The highest BCUT2D eigenvalue weighted by Crippen LogP contribution is 2.62. The molecule has 1 saturated carbocycles. The molecule has 0 amide bonds. The van der Waals surface area contributed by atoms with E-state index >= 15 is 4.39 Å². The van der Waals surface area contributed by atoms with Crippen LogP contribution in [0.3, 0.4) is 0 Å². The van der Waals surface area contributed by atoms with Gasteiger partial charge in [-0.3, -0.25) is 4.40 Å². The predicted octanol–water partition coefficient (Wildman–Crippen LogP) is 7.29. The molecule has 40 heavy (non-hydrogen) atoms. The number of fused-ring (bicyclic) bond motifs is 1. The summed E-state index contributed by atoms with van der Waals surface area (Å²) < 4.78 is 43.3. The summed E-state index contributed by atoms with van der Waals surface area (Å²) in [7, 11) is 0. The maximum Gasteiger partial charge on any atom is 0.263 e. The van der Waals surface area contributed by atoms with Crippen LogP contribution in [0.5, 0.6) is 0 Å². The highest BCUT2D eigenvalue weighted by atomic mass is 19.3. The summed E-state index contributed by atoms with van der Waals surface area (Å²) in [5.74, 6) is -0.152. The molecule has 1 fully saturated rings. The monoisotopic (exact) mass is 550 g/mol. The van der Waals surface area contributed by atoms with Crippen molar-refractivity contribution in [2.75, 3.05) is 5.73 Å². The Morgan fingerprint density at radius 2 is 1.82 bits per heavy atom. The second-order valence-corrected chi connectivity index (χ2v) is 11.6. The first-order valence-electron chi connectivity index (χ1n) is 13.1. The van der Waals surface area contributed by atoms with Gasteiger partial charge in [0.1, 0.15) is 28.5 Å². The van der Waals surface area contributed by atoms with Crippen LogP contribution in [0.25, 0.3) is 16.8 Å². The topological polar surface area (TPSA) is 96.7 Å².